The van der Waals surface area contributed by atoms with Crippen molar-refractivity contribution in [3.63, 3.8) is 0 Å². The summed E-state index contributed by atoms with van der Waals surface area (Å²) in [7, 11) is 0. The molecule has 0 saturated carbocycles. The maximum atomic E-state index is 11.5. The lowest BCUT2D eigenvalue weighted by atomic mass is 10.1. The van der Waals surface area contributed by atoms with E-state index in [2.05, 4.69) is 29.2 Å². The Bertz CT molecular complexity index is 470. The third-order valence-corrected chi connectivity index (χ3v) is 3.57. The molecule has 0 aromatic heterocycles. The van der Waals surface area contributed by atoms with Gasteiger partial charge in [0, 0.05) is 12.1 Å². The van der Waals surface area contributed by atoms with Crippen molar-refractivity contribution < 1.29 is 9.53 Å². The van der Waals surface area contributed by atoms with Crippen LogP contribution in [-0.4, -0.2) is 30.6 Å². The van der Waals surface area contributed by atoms with Gasteiger partial charge in [0.1, 0.15) is 0 Å². The molecule has 3 nitrogen and oxygen atoms in total. The highest BCUT2D eigenvalue weighted by Crippen LogP contribution is 2.14. The van der Waals surface area contributed by atoms with Crippen LogP contribution in [0, 0.1) is 0 Å². The van der Waals surface area contributed by atoms with Gasteiger partial charge in [-0.1, -0.05) is 24.3 Å². The van der Waals surface area contributed by atoms with Gasteiger partial charge in [0.15, 0.2) is 0 Å². The minimum atomic E-state index is -0.242. The topological polar surface area (TPSA) is 29.5 Å². The van der Waals surface area contributed by atoms with Gasteiger partial charge in [-0.3, -0.25) is 4.90 Å². The van der Waals surface area contributed by atoms with E-state index in [-0.39, 0.29) is 5.97 Å². The second-order valence-electron chi connectivity index (χ2n) is 5.27. The number of rotatable bonds is 5. The van der Waals surface area contributed by atoms with Gasteiger partial charge in [-0.2, -0.15) is 0 Å². The molecule has 0 N–H and O–H groups in total. The molecule has 20 heavy (non-hydrogen) atoms. The highest BCUT2D eigenvalue weighted by atomic mass is 16.5. The van der Waals surface area contributed by atoms with Crippen molar-refractivity contribution in [3.8, 4) is 0 Å². The summed E-state index contributed by atoms with van der Waals surface area (Å²) in [4.78, 5) is 14.0. The Balaban J connectivity index is 1.96. The molecule has 2 rings (SSSR count). The van der Waals surface area contributed by atoms with Crippen LogP contribution in [-0.2, 0) is 16.1 Å². The molecule has 1 aromatic rings. The molecule has 0 amide bonds. The number of esters is 1. The zero-order valence-electron chi connectivity index (χ0n) is 12.4. The summed E-state index contributed by atoms with van der Waals surface area (Å²) in [6, 6.07) is 8.41. The molecule has 1 saturated heterocycles. The molecular formula is C17H23NO2. The molecule has 0 spiro atoms. The third-order valence-electron chi connectivity index (χ3n) is 3.57. The van der Waals surface area contributed by atoms with Crippen LogP contribution < -0.4 is 0 Å². The van der Waals surface area contributed by atoms with E-state index < -0.39 is 0 Å². The average Bonchev–Trinajstić information content (AvgIpc) is 2.94. The molecule has 0 aliphatic carbocycles. The largest absolute Gasteiger partial charge is 0.463 e. The van der Waals surface area contributed by atoms with Crippen molar-refractivity contribution >= 4 is 12.0 Å². The van der Waals surface area contributed by atoms with Gasteiger partial charge in [-0.25, -0.2) is 4.79 Å². The lowest BCUT2D eigenvalue weighted by molar-refractivity contribution is -0.138. The molecule has 1 aliphatic heterocycles. The molecule has 108 valence electrons. The second-order valence-corrected chi connectivity index (χ2v) is 5.27. The van der Waals surface area contributed by atoms with Crippen LogP contribution in [0.3, 0.4) is 0 Å². The Morgan fingerprint density at radius 3 is 2.50 bits per heavy atom. The standard InChI is InChI=1S/C17H23NO2/c1-3-20-17(19)14(2)12-15-6-8-16(9-7-15)13-18-10-4-5-11-18/h6-9,12H,3-5,10-11,13H2,1-2H3/b14-12+. The zero-order valence-corrected chi connectivity index (χ0v) is 12.4. The molecule has 1 aliphatic rings. The fourth-order valence-corrected chi connectivity index (χ4v) is 2.47. The monoisotopic (exact) mass is 273 g/mol. The molecule has 1 heterocycles. The van der Waals surface area contributed by atoms with E-state index in [0.29, 0.717) is 12.2 Å². The van der Waals surface area contributed by atoms with Crippen LogP contribution in [0.15, 0.2) is 29.8 Å². The molecule has 0 radical (unpaired) electrons. The molecule has 0 atom stereocenters. The van der Waals surface area contributed by atoms with Crippen LogP contribution in [0.5, 0.6) is 0 Å². The number of carbonyl (C=O) groups excluding carboxylic acids is 1. The van der Waals surface area contributed by atoms with Crippen LogP contribution in [0.2, 0.25) is 0 Å². The number of hydrogen-bond acceptors (Lipinski definition) is 3. The van der Waals surface area contributed by atoms with Crippen molar-refractivity contribution in [2.24, 2.45) is 0 Å². The predicted molar refractivity (Wildman–Crippen MR) is 81.2 cm³/mol. The number of benzene rings is 1. The first-order valence-electron chi connectivity index (χ1n) is 7.35. The maximum absolute atomic E-state index is 11.5. The fourth-order valence-electron chi connectivity index (χ4n) is 2.47. The van der Waals surface area contributed by atoms with Crippen molar-refractivity contribution in [1.29, 1.82) is 0 Å². The number of likely N-dealkylation sites (tertiary alicyclic amines) is 1. The number of nitrogens with zero attached hydrogens (tertiary/aromatic N) is 1. The van der Waals surface area contributed by atoms with E-state index in [9.17, 15) is 4.79 Å². The molecule has 3 heteroatoms. The quantitative estimate of drug-likeness (QED) is 0.609. The number of hydrogen-bond donors (Lipinski definition) is 0. The van der Waals surface area contributed by atoms with Crippen LogP contribution in [0.1, 0.15) is 37.8 Å². The lowest BCUT2D eigenvalue weighted by Gasteiger charge is -2.14. The van der Waals surface area contributed by atoms with E-state index in [1.807, 2.05) is 13.0 Å². The summed E-state index contributed by atoms with van der Waals surface area (Å²) in [6.07, 6.45) is 4.51. The Kier molecular flexibility index (Phi) is 5.36. The summed E-state index contributed by atoms with van der Waals surface area (Å²) < 4.78 is 4.97. The summed E-state index contributed by atoms with van der Waals surface area (Å²) in [5, 5.41) is 0. The van der Waals surface area contributed by atoms with E-state index in [1.165, 1.54) is 31.5 Å². The maximum Gasteiger partial charge on any atom is 0.333 e. The van der Waals surface area contributed by atoms with Crippen molar-refractivity contribution in [3.05, 3.63) is 41.0 Å². The SMILES string of the molecule is CCOC(=O)/C(C)=C/c1ccc(CN2CCCC2)cc1. The summed E-state index contributed by atoms with van der Waals surface area (Å²) >= 11 is 0. The molecule has 0 bridgehead atoms. The first-order chi connectivity index (χ1) is 9.69. The zero-order chi connectivity index (χ0) is 14.4. The van der Waals surface area contributed by atoms with Crippen molar-refractivity contribution in [2.45, 2.75) is 33.2 Å². The first kappa shape index (κ1) is 14.8. The Hall–Kier alpha value is -1.61. The summed E-state index contributed by atoms with van der Waals surface area (Å²) in [5.74, 6) is -0.242. The van der Waals surface area contributed by atoms with Gasteiger partial charge in [0.2, 0.25) is 0 Å². The smallest absolute Gasteiger partial charge is 0.333 e. The van der Waals surface area contributed by atoms with Gasteiger partial charge in [-0.15, -0.1) is 0 Å². The Morgan fingerprint density at radius 2 is 1.90 bits per heavy atom. The van der Waals surface area contributed by atoms with Crippen LogP contribution >= 0.6 is 0 Å². The normalized spacial score (nSPS) is 16.4. The van der Waals surface area contributed by atoms with Gasteiger partial charge in [0.05, 0.1) is 6.61 Å². The average molecular weight is 273 g/mol. The van der Waals surface area contributed by atoms with Crippen molar-refractivity contribution in [2.75, 3.05) is 19.7 Å². The van der Waals surface area contributed by atoms with E-state index >= 15 is 0 Å². The van der Waals surface area contributed by atoms with Crippen LogP contribution in [0.25, 0.3) is 6.08 Å². The summed E-state index contributed by atoms with van der Waals surface area (Å²) in [6.45, 7) is 7.47. The molecule has 0 unspecified atom stereocenters. The number of ether oxygens (including phenoxy) is 1. The third kappa shape index (κ3) is 4.20. The van der Waals surface area contributed by atoms with E-state index in [0.717, 1.165) is 12.1 Å². The van der Waals surface area contributed by atoms with Gasteiger partial charge < -0.3 is 4.74 Å². The Morgan fingerprint density at radius 1 is 1.25 bits per heavy atom. The van der Waals surface area contributed by atoms with Crippen LogP contribution in [0.4, 0.5) is 0 Å². The highest BCUT2D eigenvalue weighted by Gasteiger charge is 2.11. The van der Waals surface area contributed by atoms with Gasteiger partial charge >= 0.3 is 5.97 Å². The first-order valence-corrected chi connectivity index (χ1v) is 7.35. The highest BCUT2D eigenvalue weighted by molar-refractivity contribution is 5.92. The molecule has 1 aromatic carbocycles. The molecule has 1 fully saturated rings. The second kappa shape index (κ2) is 7.25. The van der Waals surface area contributed by atoms with Crippen molar-refractivity contribution in [1.82, 2.24) is 4.90 Å². The molecular weight excluding hydrogens is 250 g/mol. The Labute approximate surface area is 121 Å². The number of carbonyl (C=O) groups is 1. The summed E-state index contributed by atoms with van der Waals surface area (Å²) in [5.41, 5.74) is 3.01. The lowest BCUT2D eigenvalue weighted by Crippen LogP contribution is -2.18. The van der Waals surface area contributed by atoms with Gasteiger partial charge in [0.25, 0.3) is 0 Å². The van der Waals surface area contributed by atoms with E-state index in [4.69, 9.17) is 4.74 Å². The minimum Gasteiger partial charge on any atom is -0.463 e. The predicted octanol–water partition coefficient (Wildman–Crippen LogP) is 3.25. The minimum absolute atomic E-state index is 0.242. The van der Waals surface area contributed by atoms with Gasteiger partial charge in [-0.05, 0) is 57.0 Å². The van der Waals surface area contributed by atoms with E-state index in [1.54, 1.807) is 6.92 Å². The fraction of sp³-hybridized carbons (Fsp3) is 0.471.